The Balaban J connectivity index is 2.43. The number of aryl methyl sites for hydroxylation is 1. The summed E-state index contributed by atoms with van der Waals surface area (Å²) in [5.74, 6) is -6.14. The smallest absolute Gasteiger partial charge is 0.188 e. The lowest BCUT2D eigenvalue weighted by Crippen LogP contribution is -2.50. The first-order valence-corrected chi connectivity index (χ1v) is 8.49. The topological polar surface area (TPSA) is 0 Å². The van der Waals surface area contributed by atoms with Gasteiger partial charge in [-0.15, -0.1) is 0 Å². The van der Waals surface area contributed by atoms with Crippen LogP contribution in [-0.4, -0.2) is 17.4 Å². The van der Waals surface area contributed by atoms with E-state index in [1.54, 1.807) is 32.0 Å². The number of alkyl halides is 7. The Kier molecular flexibility index (Phi) is 5.31. The summed E-state index contributed by atoms with van der Waals surface area (Å²) in [6.45, 7) is 5.19. The van der Waals surface area contributed by atoms with Crippen LogP contribution in [0.1, 0.15) is 31.4 Å². The molecule has 1 unspecified atom stereocenters. The molecule has 26 heavy (non-hydrogen) atoms. The Bertz CT molecular complexity index is 746. The highest BCUT2D eigenvalue weighted by Crippen LogP contribution is 2.55. The van der Waals surface area contributed by atoms with Crippen LogP contribution in [0.25, 0.3) is 0 Å². The first kappa shape index (κ1) is 20.9. The summed E-state index contributed by atoms with van der Waals surface area (Å²) < 4.78 is 91.0. The molecule has 0 N–H and O–H groups in total. The largest absolute Gasteiger partial charge is 0.460 e. The van der Waals surface area contributed by atoms with E-state index < -0.39 is 34.5 Å². The number of benzene rings is 1. The van der Waals surface area contributed by atoms with Crippen LogP contribution in [0.4, 0.5) is 30.7 Å². The molecule has 0 spiro atoms. The molecule has 1 aliphatic rings. The fourth-order valence-electron chi connectivity index (χ4n) is 3.10. The molecule has 1 aromatic carbocycles. The van der Waals surface area contributed by atoms with E-state index in [1.165, 1.54) is 12.2 Å². The second-order valence-electron chi connectivity index (χ2n) is 6.64. The van der Waals surface area contributed by atoms with E-state index in [0.29, 0.717) is 12.0 Å². The molecule has 0 saturated carbocycles. The van der Waals surface area contributed by atoms with Gasteiger partial charge in [-0.05, 0) is 49.2 Å². The number of hydrogen-bond acceptors (Lipinski definition) is 1. The van der Waals surface area contributed by atoms with Crippen LogP contribution in [0.3, 0.4) is 0 Å². The van der Waals surface area contributed by atoms with Crippen molar-refractivity contribution in [2.45, 2.75) is 50.0 Å². The molecule has 0 radical (unpaired) electrons. The minimum Gasteiger partial charge on any atom is -0.188 e. The Labute approximate surface area is 151 Å². The van der Waals surface area contributed by atoms with Gasteiger partial charge in [0.2, 0.25) is 0 Å². The molecule has 0 fully saturated rings. The van der Waals surface area contributed by atoms with Gasteiger partial charge in [0.25, 0.3) is 0 Å². The Morgan fingerprint density at radius 2 is 1.54 bits per heavy atom. The number of rotatable bonds is 4. The molecular weight excluding hydrogens is 381 g/mol. The van der Waals surface area contributed by atoms with Gasteiger partial charge in [-0.1, -0.05) is 42.8 Å². The van der Waals surface area contributed by atoms with Gasteiger partial charge in [0, 0.05) is 10.3 Å². The van der Waals surface area contributed by atoms with Crippen LogP contribution >= 0.6 is 11.8 Å². The maximum absolute atomic E-state index is 13.8. The lowest BCUT2D eigenvalue weighted by molar-refractivity contribution is -0.330. The molecular formula is C18H17F7S. The maximum atomic E-state index is 13.8. The monoisotopic (exact) mass is 398 g/mol. The van der Waals surface area contributed by atoms with E-state index >= 15 is 0 Å². The van der Waals surface area contributed by atoms with Crippen molar-refractivity contribution in [3.05, 3.63) is 58.0 Å². The van der Waals surface area contributed by atoms with E-state index in [9.17, 15) is 30.7 Å². The van der Waals surface area contributed by atoms with Gasteiger partial charge in [0.05, 0.1) is 0 Å². The number of thioether (sulfide) groups is 1. The summed E-state index contributed by atoms with van der Waals surface area (Å²) >= 11 is -0.755. The molecule has 0 amide bonds. The van der Waals surface area contributed by atoms with Gasteiger partial charge in [-0.25, -0.2) is 0 Å². The first-order valence-electron chi connectivity index (χ1n) is 7.67. The zero-order chi connectivity index (χ0) is 20.0. The molecule has 0 aromatic heterocycles. The molecule has 1 aliphatic carbocycles. The Morgan fingerprint density at radius 3 is 2.08 bits per heavy atom. The number of hydrogen-bond donors (Lipinski definition) is 0. The van der Waals surface area contributed by atoms with Gasteiger partial charge >= 0.3 is 17.4 Å². The second kappa shape index (κ2) is 6.62. The van der Waals surface area contributed by atoms with Crippen molar-refractivity contribution in [3.8, 4) is 0 Å². The van der Waals surface area contributed by atoms with E-state index in [4.69, 9.17) is 0 Å². The van der Waals surface area contributed by atoms with Crippen molar-refractivity contribution < 1.29 is 30.7 Å². The van der Waals surface area contributed by atoms with E-state index in [2.05, 4.69) is 0 Å². The standard InChI is InChI=1S/C18H17F7S/c1-11-8-13(26-18(24,25)16(19,20)17(21,22)23)10-15(3,9-11)14-7-5-4-6-12(14)2/h4-8,10H,9H2,1-3H3. The molecule has 0 heterocycles. The van der Waals surface area contributed by atoms with Crippen LogP contribution < -0.4 is 0 Å². The predicted molar refractivity (Wildman–Crippen MR) is 88.5 cm³/mol. The van der Waals surface area contributed by atoms with Crippen LogP contribution in [0.2, 0.25) is 0 Å². The van der Waals surface area contributed by atoms with Crippen molar-refractivity contribution in [1.82, 2.24) is 0 Å². The maximum Gasteiger partial charge on any atom is 0.460 e. The third-order valence-electron chi connectivity index (χ3n) is 4.22. The highest BCUT2D eigenvalue weighted by atomic mass is 32.2. The summed E-state index contributed by atoms with van der Waals surface area (Å²) in [5, 5.41) is -5.32. The zero-order valence-corrected chi connectivity index (χ0v) is 15.0. The number of halogens is 7. The van der Waals surface area contributed by atoms with Crippen molar-refractivity contribution >= 4 is 11.8 Å². The lowest BCUT2D eigenvalue weighted by atomic mass is 9.73. The molecule has 0 aliphatic heterocycles. The summed E-state index contributed by atoms with van der Waals surface area (Å²) in [7, 11) is 0. The van der Waals surface area contributed by atoms with E-state index in [-0.39, 0.29) is 4.91 Å². The Morgan fingerprint density at radius 1 is 0.962 bits per heavy atom. The Hall–Kier alpha value is -1.44. The molecule has 2 rings (SSSR count). The average molecular weight is 398 g/mol. The molecule has 1 atom stereocenters. The minimum atomic E-state index is -6.34. The summed E-state index contributed by atoms with van der Waals surface area (Å²) in [4.78, 5) is -0.312. The van der Waals surface area contributed by atoms with Crippen LogP contribution in [-0.2, 0) is 5.41 Å². The van der Waals surface area contributed by atoms with E-state index in [0.717, 1.165) is 11.1 Å². The number of allylic oxidation sites excluding steroid dienone is 3. The third-order valence-corrected chi connectivity index (χ3v) is 5.21. The summed E-state index contributed by atoms with van der Waals surface area (Å²) in [5.41, 5.74) is 1.51. The van der Waals surface area contributed by atoms with Crippen molar-refractivity contribution in [3.63, 3.8) is 0 Å². The average Bonchev–Trinajstić information content (AvgIpc) is 2.44. The second-order valence-corrected chi connectivity index (χ2v) is 7.83. The quantitative estimate of drug-likeness (QED) is 0.492. The van der Waals surface area contributed by atoms with Gasteiger partial charge in [0.1, 0.15) is 0 Å². The minimum absolute atomic E-state index is 0.312. The lowest BCUT2D eigenvalue weighted by Gasteiger charge is -2.34. The summed E-state index contributed by atoms with van der Waals surface area (Å²) in [6.07, 6.45) is -3.32. The molecule has 1 aromatic rings. The highest BCUT2D eigenvalue weighted by molar-refractivity contribution is 8.04. The summed E-state index contributed by atoms with van der Waals surface area (Å²) in [6, 6.07) is 7.16. The fourth-order valence-corrected chi connectivity index (χ4v) is 4.22. The first-order chi connectivity index (χ1) is 11.7. The van der Waals surface area contributed by atoms with Crippen LogP contribution in [0, 0.1) is 6.92 Å². The van der Waals surface area contributed by atoms with Crippen molar-refractivity contribution in [1.29, 1.82) is 0 Å². The van der Waals surface area contributed by atoms with Crippen LogP contribution in [0.15, 0.2) is 46.9 Å². The van der Waals surface area contributed by atoms with Crippen molar-refractivity contribution in [2.75, 3.05) is 0 Å². The van der Waals surface area contributed by atoms with Crippen LogP contribution in [0.5, 0.6) is 0 Å². The van der Waals surface area contributed by atoms with Gasteiger partial charge in [0.15, 0.2) is 0 Å². The SMILES string of the molecule is CC1=CC(SC(F)(F)C(F)(F)C(F)(F)F)=CC(C)(c2ccccc2C)C1. The molecule has 0 bridgehead atoms. The third kappa shape index (κ3) is 3.80. The molecule has 8 heteroatoms. The highest BCUT2D eigenvalue weighted by Gasteiger charge is 2.73. The van der Waals surface area contributed by atoms with E-state index in [1.807, 2.05) is 13.0 Å². The van der Waals surface area contributed by atoms with Gasteiger partial charge < -0.3 is 0 Å². The van der Waals surface area contributed by atoms with Gasteiger partial charge in [-0.2, -0.15) is 30.7 Å². The van der Waals surface area contributed by atoms with Crippen molar-refractivity contribution in [2.24, 2.45) is 0 Å². The molecule has 144 valence electrons. The molecule has 0 saturated heterocycles. The predicted octanol–water partition coefficient (Wildman–Crippen LogP) is 7.01. The normalized spacial score (nSPS) is 22.1. The zero-order valence-electron chi connectivity index (χ0n) is 14.2. The molecule has 0 nitrogen and oxygen atoms in total. The fraction of sp³-hybridized carbons (Fsp3) is 0.444. The van der Waals surface area contributed by atoms with Gasteiger partial charge in [-0.3, -0.25) is 0 Å².